The van der Waals surface area contributed by atoms with Gasteiger partial charge in [-0.3, -0.25) is 14.4 Å². The molecule has 0 radical (unpaired) electrons. The lowest BCUT2D eigenvalue weighted by atomic mass is 10.1. The Balaban J connectivity index is 1.69. The summed E-state index contributed by atoms with van der Waals surface area (Å²) in [6.45, 7) is 3.14. The van der Waals surface area contributed by atoms with E-state index in [1.807, 2.05) is 6.26 Å². The van der Waals surface area contributed by atoms with Gasteiger partial charge in [-0.05, 0) is 32.1 Å². The maximum absolute atomic E-state index is 14.6. The Hall–Kier alpha value is -3.26. The molecule has 0 atom stereocenters. The van der Waals surface area contributed by atoms with Gasteiger partial charge < -0.3 is 9.88 Å². The molecule has 1 N–H and O–H groups in total. The van der Waals surface area contributed by atoms with Gasteiger partial charge in [0.05, 0.1) is 16.7 Å². The SMILES string of the molecule is CSN1CCC(Nc2ncc(C(F)(F)F)c(-c3cn(-c4ccc([N+](=O)[O-])cc4F)c(C)n3)n2)CC1. The largest absolute Gasteiger partial charge is 0.420 e. The second kappa shape index (κ2) is 9.77. The molecule has 0 bridgehead atoms. The lowest BCUT2D eigenvalue weighted by molar-refractivity contribution is -0.385. The van der Waals surface area contributed by atoms with Gasteiger partial charge >= 0.3 is 6.18 Å². The fourth-order valence-electron chi connectivity index (χ4n) is 3.85. The average molecular weight is 512 g/mol. The van der Waals surface area contributed by atoms with Crippen molar-refractivity contribution in [1.29, 1.82) is 0 Å². The first kappa shape index (κ1) is 24.9. The number of alkyl halides is 3. The second-order valence-electron chi connectivity index (χ2n) is 7.92. The van der Waals surface area contributed by atoms with Crippen LogP contribution in [-0.4, -0.2) is 54.1 Å². The topological polar surface area (TPSA) is 102 Å². The van der Waals surface area contributed by atoms with Crippen molar-refractivity contribution in [3.05, 3.63) is 57.9 Å². The molecule has 9 nitrogen and oxygen atoms in total. The number of aromatic nitrogens is 4. The van der Waals surface area contributed by atoms with Gasteiger partial charge in [-0.2, -0.15) is 13.2 Å². The van der Waals surface area contributed by atoms with Crippen LogP contribution in [0.3, 0.4) is 0 Å². The number of nitrogens with one attached hydrogen (secondary N) is 1. The van der Waals surface area contributed by atoms with Crippen LogP contribution in [0.5, 0.6) is 0 Å². The van der Waals surface area contributed by atoms with Crippen molar-refractivity contribution >= 4 is 23.6 Å². The highest BCUT2D eigenvalue weighted by Crippen LogP contribution is 2.36. The highest BCUT2D eigenvalue weighted by Gasteiger charge is 2.36. The number of aryl methyl sites for hydroxylation is 1. The lowest BCUT2D eigenvalue weighted by Gasteiger charge is -2.30. The van der Waals surface area contributed by atoms with E-state index in [2.05, 4.69) is 24.6 Å². The maximum atomic E-state index is 14.6. The Bertz CT molecular complexity index is 1240. The van der Waals surface area contributed by atoms with Crippen LogP contribution in [0, 0.1) is 22.9 Å². The molecule has 1 aliphatic rings. The van der Waals surface area contributed by atoms with E-state index in [4.69, 9.17) is 0 Å². The number of nitro groups is 1. The molecule has 0 saturated carbocycles. The van der Waals surface area contributed by atoms with Gasteiger partial charge in [0.2, 0.25) is 5.95 Å². The minimum Gasteiger partial charge on any atom is -0.351 e. The van der Waals surface area contributed by atoms with E-state index in [0.717, 1.165) is 38.1 Å². The number of hydrogen-bond donors (Lipinski definition) is 1. The number of benzene rings is 1. The van der Waals surface area contributed by atoms with Gasteiger partial charge in [-0.1, -0.05) is 11.9 Å². The smallest absolute Gasteiger partial charge is 0.351 e. The number of nitrogens with zero attached hydrogens (tertiary/aromatic N) is 6. The number of rotatable bonds is 6. The highest BCUT2D eigenvalue weighted by molar-refractivity contribution is 7.96. The number of nitro benzene ring substituents is 1. The van der Waals surface area contributed by atoms with Gasteiger partial charge in [-0.15, -0.1) is 0 Å². The number of non-ortho nitro benzene ring substituents is 1. The molecule has 0 spiro atoms. The highest BCUT2D eigenvalue weighted by atomic mass is 32.2. The normalized spacial score (nSPS) is 15.4. The summed E-state index contributed by atoms with van der Waals surface area (Å²) >= 11 is 1.64. The van der Waals surface area contributed by atoms with Crippen LogP contribution >= 0.6 is 11.9 Å². The second-order valence-corrected chi connectivity index (χ2v) is 8.80. The van der Waals surface area contributed by atoms with Crippen LogP contribution < -0.4 is 5.32 Å². The summed E-state index contributed by atoms with van der Waals surface area (Å²) in [5, 5.41) is 14.0. The number of halogens is 4. The number of piperidine rings is 1. The Morgan fingerprint density at radius 2 is 1.94 bits per heavy atom. The molecule has 0 aliphatic carbocycles. The van der Waals surface area contributed by atoms with E-state index >= 15 is 0 Å². The van der Waals surface area contributed by atoms with Crippen LogP contribution in [0.25, 0.3) is 17.1 Å². The van der Waals surface area contributed by atoms with Crippen molar-refractivity contribution in [1.82, 2.24) is 23.8 Å². The molecule has 2 aromatic heterocycles. The molecule has 0 unspecified atom stereocenters. The van der Waals surface area contributed by atoms with E-state index in [1.165, 1.54) is 23.8 Å². The van der Waals surface area contributed by atoms with Gasteiger partial charge in [0.1, 0.15) is 22.8 Å². The van der Waals surface area contributed by atoms with Gasteiger partial charge in [0, 0.05) is 37.6 Å². The Morgan fingerprint density at radius 3 is 2.54 bits per heavy atom. The molecule has 4 rings (SSSR count). The van der Waals surface area contributed by atoms with E-state index in [-0.39, 0.29) is 29.2 Å². The summed E-state index contributed by atoms with van der Waals surface area (Å²) in [7, 11) is 0. The lowest BCUT2D eigenvalue weighted by Crippen LogP contribution is -2.35. The quantitative estimate of drug-likeness (QED) is 0.217. The van der Waals surface area contributed by atoms with Crippen molar-refractivity contribution in [2.45, 2.75) is 32.0 Å². The first-order valence-corrected chi connectivity index (χ1v) is 11.8. The molecule has 1 aliphatic heterocycles. The van der Waals surface area contributed by atoms with Crippen LogP contribution in [0.1, 0.15) is 24.2 Å². The summed E-state index contributed by atoms with van der Waals surface area (Å²) in [5.41, 5.74) is -2.18. The molecule has 35 heavy (non-hydrogen) atoms. The number of imidazole rings is 1. The standard InChI is InChI=1S/C21H21F4N7O2S/c1-12-27-17(11-31(12)18-4-3-14(32(33)34)9-16(18)22)19-15(21(23,24)25)10-26-20(29-19)28-13-5-7-30(35-2)8-6-13/h3-4,9-11,13H,5-8H2,1-2H3,(H,26,28,29). The van der Waals surface area contributed by atoms with Crippen molar-refractivity contribution in [3.8, 4) is 17.1 Å². The minimum absolute atomic E-state index is 0.0106. The van der Waals surface area contributed by atoms with E-state index in [0.29, 0.717) is 6.20 Å². The van der Waals surface area contributed by atoms with Crippen LogP contribution in [-0.2, 0) is 6.18 Å². The van der Waals surface area contributed by atoms with Crippen LogP contribution in [0.15, 0.2) is 30.6 Å². The Kier molecular flexibility index (Phi) is 6.94. The number of hydrogen-bond acceptors (Lipinski definition) is 8. The predicted molar refractivity (Wildman–Crippen MR) is 123 cm³/mol. The summed E-state index contributed by atoms with van der Waals surface area (Å²) < 4.78 is 59.2. The first-order chi connectivity index (χ1) is 16.6. The van der Waals surface area contributed by atoms with Gasteiger partial charge in [0.25, 0.3) is 5.69 Å². The summed E-state index contributed by atoms with van der Waals surface area (Å²) in [6, 6.07) is 3.03. The van der Waals surface area contributed by atoms with E-state index in [1.54, 1.807) is 11.9 Å². The monoisotopic (exact) mass is 511 g/mol. The minimum atomic E-state index is -4.74. The molecule has 3 aromatic rings. The van der Waals surface area contributed by atoms with E-state index < -0.39 is 33.9 Å². The van der Waals surface area contributed by atoms with E-state index in [9.17, 15) is 27.7 Å². The zero-order valence-corrected chi connectivity index (χ0v) is 19.5. The predicted octanol–water partition coefficient (Wildman–Crippen LogP) is 4.86. The van der Waals surface area contributed by atoms with Crippen LogP contribution in [0.4, 0.5) is 29.2 Å². The van der Waals surface area contributed by atoms with Crippen molar-refractivity contribution in [2.24, 2.45) is 0 Å². The van der Waals surface area contributed by atoms with Gasteiger partial charge in [0.15, 0.2) is 5.82 Å². The zero-order valence-electron chi connectivity index (χ0n) is 18.7. The third-order valence-corrected chi connectivity index (χ3v) is 6.55. The molecular formula is C21H21F4N7O2S. The van der Waals surface area contributed by atoms with Crippen LogP contribution in [0.2, 0.25) is 0 Å². The molecule has 1 fully saturated rings. The Labute approximate surface area is 201 Å². The van der Waals surface area contributed by atoms with Gasteiger partial charge in [-0.25, -0.2) is 19.3 Å². The number of anilines is 1. The molecule has 0 amide bonds. The fraction of sp³-hybridized carbons (Fsp3) is 0.381. The van der Waals surface area contributed by atoms with Crippen molar-refractivity contribution in [3.63, 3.8) is 0 Å². The summed E-state index contributed by atoms with van der Waals surface area (Å²) in [5.74, 6) is -0.688. The molecule has 186 valence electrons. The summed E-state index contributed by atoms with van der Waals surface area (Å²) in [4.78, 5) is 22.3. The molecule has 1 saturated heterocycles. The molecule has 1 aromatic carbocycles. The molecule has 14 heteroatoms. The molecule has 3 heterocycles. The first-order valence-electron chi connectivity index (χ1n) is 10.6. The third-order valence-electron chi connectivity index (χ3n) is 5.67. The van der Waals surface area contributed by atoms with Crippen molar-refractivity contribution < 1.29 is 22.5 Å². The summed E-state index contributed by atoms with van der Waals surface area (Å²) in [6.07, 6.45) is 0.748. The molecular weight excluding hydrogens is 490 g/mol. The fourth-order valence-corrected chi connectivity index (χ4v) is 4.43. The van der Waals surface area contributed by atoms with Crippen molar-refractivity contribution in [2.75, 3.05) is 24.7 Å². The Morgan fingerprint density at radius 1 is 1.23 bits per heavy atom. The third kappa shape index (κ3) is 5.37. The average Bonchev–Trinajstić information content (AvgIpc) is 3.20. The maximum Gasteiger partial charge on any atom is 0.420 e. The zero-order chi connectivity index (χ0) is 25.3.